The third-order valence-corrected chi connectivity index (χ3v) is 5.81. The Labute approximate surface area is 191 Å². The van der Waals surface area contributed by atoms with Crippen molar-refractivity contribution in [1.29, 1.82) is 0 Å². The molecule has 0 aliphatic carbocycles. The maximum atomic E-state index is 13.4. The lowest BCUT2D eigenvalue weighted by molar-refractivity contribution is -0.138. The van der Waals surface area contributed by atoms with Crippen molar-refractivity contribution in [3.8, 4) is 0 Å². The maximum absolute atomic E-state index is 13.4. The molecule has 7 heteroatoms. The first kappa shape index (κ1) is 22.0. The number of hydrogen-bond donors (Lipinski definition) is 2. The number of carbonyl (C=O) groups excluding carboxylic acids is 2. The van der Waals surface area contributed by atoms with Crippen molar-refractivity contribution in [2.75, 3.05) is 13.1 Å². The van der Waals surface area contributed by atoms with E-state index in [0.29, 0.717) is 22.7 Å². The summed E-state index contributed by atoms with van der Waals surface area (Å²) in [5.41, 5.74) is 11.3. The average molecular weight is 450 g/mol. The number of rotatable bonds is 7. The smallest absolute Gasteiger partial charge is 0.254 e. The van der Waals surface area contributed by atoms with Crippen molar-refractivity contribution in [1.82, 2.24) is 10.4 Å². The Bertz CT molecular complexity index is 1090. The van der Waals surface area contributed by atoms with Gasteiger partial charge in [0.15, 0.2) is 0 Å². The van der Waals surface area contributed by atoms with Crippen molar-refractivity contribution in [3.63, 3.8) is 0 Å². The molecule has 0 radical (unpaired) electrons. The predicted molar refractivity (Wildman–Crippen MR) is 123 cm³/mol. The lowest BCUT2D eigenvalue weighted by Gasteiger charge is -2.41. The molecular weight excluding hydrogens is 426 g/mol. The van der Waals surface area contributed by atoms with Crippen LogP contribution in [0.25, 0.3) is 0 Å². The fourth-order valence-corrected chi connectivity index (χ4v) is 4.24. The van der Waals surface area contributed by atoms with Gasteiger partial charge in [-0.25, -0.2) is 5.48 Å². The van der Waals surface area contributed by atoms with E-state index in [-0.39, 0.29) is 25.0 Å². The number of fused-ring (bicyclic) bond motifs is 1. The van der Waals surface area contributed by atoms with E-state index in [0.717, 1.165) is 11.1 Å². The Hall–Kier alpha value is -3.19. The Balaban J connectivity index is 1.69. The number of amides is 2. The van der Waals surface area contributed by atoms with Gasteiger partial charge in [0.2, 0.25) is 0 Å². The highest BCUT2D eigenvalue weighted by Gasteiger charge is 2.43. The van der Waals surface area contributed by atoms with Gasteiger partial charge in [-0.05, 0) is 34.9 Å². The molecule has 2 atom stereocenters. The molecule has 0 aromatic heterocycles. The largest absolute Gasteiger partial charge is 0.329 e. The van der Waals surface area contributed by atoms with E-state index in [4.69, 9.17) is 22.2 Å². The molecule has 32 heavy (non-hydrogen) atoms. The van der Waals surface area contributed by atoms with Gasteiger partial charge in [0.05, 0.1) is 18.6 Å². The third kappa shape index (κ3) is 4.53. The van der Waals surface area contributed by atoms with Gasteiger partial charge >= 0.3 is 0 Å². The second kappa shape index (κ2) is 9.96. The van der Waals surface area contributed by atoms with E-state index in [1.807, 2.05) is 54.6 Å². The molecule has 164 valence electrons. The second-order valence-corrected chi connectivity index (χ2v) is 8.03. The van der Waals surface area contributed by atoms with Gasteiger partial charge in [0.1, 0.15) is 0 Å². The summed E-state index contributed by atoms with van der Waals surface area (Å²) in [7, 11) is 0. The molecule has 0 spiro atoms. The summed E-state index contributed by atoms with van der Waals surface area (Å²) < 4.78 is 0. The molecule has 3 aromatic rings. The van der Waals surface area contributed by atoms with Crippen molar-refractivity contribution >= 4 is 23.4 Å². The fraction of sp³-hybridized carbons (Fsp3) is 0.200. The monoisotopic (exact) mass is 449 g/mol. The summed E-state index contributed by atoms with van der Waals surface area (Å²) in [5, 5.41) is 0.578. The van der Waals surface area contributed by atoms with Gasteiger partial charge in [0.25, 0.3) is 11.8 Å². The lowest BCUT2D eigenvalue weighted by Crippen LogP contribution is -2.48. The van der Waals surface area contributed by atoms with Crippen LogP contribution < -0.4 is 11.2 Å². The number of nitrogens with two attached hydrogens (primary N) is 1. The van der Waals surface area contributed by atoms with Crippen LogP contribution in [0.2, 0.25) is 5.02 Å². The summed E-state index contributed by atoms with van der Waals surface area (Å²) >= 11 is 6.08. The first-order chi connectivity index (χ1) is 15.6. The van der Waals surface area contributed by atoms with E-state index < -0.39 is 12.0 Å². The van der Waals surface area contributed by atoms with Crippen LogP contribution in [-0.2, 0) is 16.2 Å². The molecule has 1 aliphatic rings. The van der Waals surface area contributed by atoms with Gasteiger partial charge in [-0.2, -0.15) is 0 Å². The van der Waals surface area contributed by atoms with Crippen LogP contribution >= 0.6 is 11.6 Å². The molecule has 0 bridgehead atoms. The average Bonchev–Trinajstić information content (AvgIpc) is 2.82. The molecule has 0 saturated carbocycles. The van der Waals surface area contributed by atoms with Crippen LogP contribution in [0, 0.1) is 0 Å². The van der Waals surface area contributed by atoms with Crippen LogP contribution in [0.5, 0.6) is 0 Å². The van der Waals surface area contributed by atoms with Crippen molar-refractivity contribution in [2.24, 2.45) is 5.73 Å². The molecule has 6 nitrogen and oxygen atoms in total. The molecule has 1 aliphatic heterocycles. The minimum atomic E-state index is -0.674. The van der Waals surface area contributed by atoms with Gasteiger partial charge < -0.3 is 10.6 Å². The van der Waals surface area contributed by atoms with Gasteiger partial charge in [-0.3, -0.25) is 14.4 Å². The number of hydroxylamine groups is 1. The minimum absolute atomic E-state index is 0.153. The molecular formula is C25H24ClN3O3. The van der Waals surface area contributed by atoms with E-state index in [2.05, 4.69) is 5.48 Å². The Morgan fingerprint density at radius 3 is 2.41 bits per heavy atom. The zero-order valence-corrected chi connectivity index (χ0v) is 18.2. The molecule has 3 N–H and O–H groups in total. The van der Waals surface area contributed by atoms with Crippen LogP contribution in [0.4, 0.5) is 0 Å². The van der Waals surface area contributed by atoms with Crippen LogP contribution in [0.1, 0.15) is 39.0 Å². The highest BCUT2D eigenvalue weighted by Crippen LogP contribution is 2.42. The summed E-state index contributed by atoms with van der Waals surface area (Å²) in [5.74, 6) is -1.16. The third-order valence-electron chi connectivity index (χ3n) is 5.56. The van der Waals surface area contributed by atoms with Gasteiger partial charge in [0, 0.05) is 23.7 Å². The van der Waals surface area contributed by atoms with E-state index in [9.17, 15) is 9.59 Å². The number of nitrogens with one attached hydrogen (secondary N) is 1. The molecule has 1 heterocycles. The fourth-order valence-electron chi connectivity index (χ4n) is 4.12. The summed E-state index contributed by atoms with van der Waals surface area (Å²) in [6.07, 6.45) is 0. The van der Waals surface area contributed by atoms with Crippen LogP contribution in [0.15, 0.2) is 78.9 Å². The first-order valence-electron chi connectivity index (χ1n) is 10.4. The summed E-state index contributed by atoms with van der Waals surface area (Å²) in [6, 6.07) is 23.4. The van der Waals surface area contributed by atoms with Gasteiger partial charge in [-0.1, -0.05) is 72.3 Å². The maximum Gasteiger partial charge on any atom is 0.254 e. The normalized spacial score (nSPS) is 17.7. The second-order valence-electron chi connectivity index (χ2n) is 7.59. The quantitative estimate of drug-likeness (QED) is 0.537. The molecule has 0 fully saturated rings. The molecule has 4 rings (SSSR count). The topological polar surface area (TPSA) is 84.7 Å². The van der Waals surface area contributed by atoms with Crippen LogP contribution in [0.3, 0.4) is 0 Å². The highest BCUT2D eigenvalue weighted by molar-refractivity contribution is 6.30. The van der Waals surface area contributed by atoms with Crippen molar-refractivity contribution in [2.45, 2.75) is 18.6 Å². The minimum Gasteiger partial charge on any atom is -0.329 e. The highest BCUT2D eigenvalue weighted by atomic mass is 35.5. The zero-order chi connectivity index (χ0) is 22.5. The number of benzene rings is 3. The van der Waals surface area contributed by atoms with Crippen LogP contribution in [-0.4, -0.2) is 29.8 Å². The number of nitrogens with zero attached hydrogens (tertiary/aromatic N) is 1. The standard InChI is InChI=1S/C25H24ClN3O3/c26-19-12-10-18(11-13-19)23-22(24(30)28-32-16-17-6-2-1-3-7-17)20-8-4-5-9-21(20)25(31)29(23)15-14-27/h1-13,22-23H,14-16,27H2,(H,28,30)/t22-,23+/m1/s1. The predicted octanol–water partition coefficient (Wildman–Crippen LogP) is 3.83. The Morgan fingerprint density at radius 2 is 1.69 bits per heavy atom. The van der Waals surface area contributed by atoms with Gasteiger partial charge in [-0.15, -0.1) is 0 Å². The van der Waals surface area contributed by atoms with E-state index in [1.165, 1.54) is 0 Å². The molecule has 3 aromatic carbocycles. The zero-order valence-electron chi connectivity index (χ0n) is 17.4. The van der Waals surface area contributed by atoms with E-state index >= 15 is 0 Å². The lowest BCUT2D eigenvalue weighted by atomic mass is 9.79. The SMILES string of the molecule is NCCN1C(=O)c2ccccc2[C@@H](C(=O)NOCc2ccccc2)[C@@H]1c1ccc(Cl)cc1. The Kier molecular flexibility index (Phi) is 6.85. The Morgan fingerprint density at radius 1 is 1.00 bits per heavy atom. The summed E-state index contributed by atoms with van der Waals surface area (Å²) in [6.45, 7) is 0.823. The number of hydrogen-bond acceptors (Lipinski definition) is 4. The number of carbonyl (C=O) groups is 2. The van der Waals surface area contributed by atoms with E-state index in [1.54, 1.807) is 29.2 Å². The first-order valence-corrected chi connectivity index (χ1v) is 10.8. The number of halogens is 1. The molecule has 2 amide bonds. The molecule has 0 saturated heterocycles. The van der Waals surface area contributed by atoms with Crippen molar-refractivity contribution < 1.29 is 14.4 Å². The summed E-state index contributed by atoms with van der Waals surface area (Å²) in [4.78, 5) is 33.9. The molecule has 0 unspecified atom stereocenters. The van der Waals surface area contributed by atoms with Crippen molar-refractivity contribution in [3.05, 3.63) is 106 Å².